The Morgan fingerprint density at radius 1 is 0.408 bits per heavy atom. The van der Waals surface area contributed by atoms with Gasteiger partial charge in [0.25, 0.3) is 0 Å². The second-order valence-electron chi connectivity index (χ2n) is 13.4. The second kappa shape index (κ2) is 10.5. The van der Waals surface area contributed by atoms with E-state index in [0.29, 0.717) is 38.2 Å². The molecule has 0 spiro atoms. The zero-order valence-electron chi connectivity index (χ0n) is 36.0. The Balaban J connectivity index is 1.26. The van der Waals surface area contributed by atoms with Gasteiger partial charge in [0.05, 0.1) is 12.3 Å². The molecule has 9 aromatic rings. The van der Waals surface area contributed by atoms with Crippen LogP contribution in [0.2, 0.25) is 0 Å². The summed E-state index contributed by atoms with van der Waals surface area (Å²) in [5.74, 6) is 0. The minimum atomic E-state index is -0.483. The lowest BCUT2D eigenvalue weighted by Gasteiger charge is -2.21. The molecule has 0 saturated heterocycles. The zero-order chi connectivity index (χ0) is 40.5. The molecule has 1 aliphatic rings. The summed E-state index contributed by atoms with van der Waals surface area (Å²) in [6.07, 6.45) is 0. The van der Waals surface area contributed by atoms with Gasteiger partial charge in [0, 0.05) is 5.41 Å². The van der Waals surface area contributed by atoms with Crippen LogP contribution in [0, 0.1) is 0 Å². The lowest BCUT2D eigenvalue weighted by molar-refractivity contribution is 0.661. The van der Waals surface area contributed by atoms with Crippen LogP contribution in [0.3, 0.4) is 0 Å². The van der Waals surface area contributed by atoms with Gasteiger partial charge in [-0.25, -0.2) is 0 Å². The van der Waals surface area contributed by atoms with Crippen LogP contribution in [0.25, 0.3) is 87.6 Å². The van der Waals surface area contributed by atoms with Crippen molar-refractivity contribution in [3.8, 4) is 44.5 Å². The summed E-state index contributed by atoms with van der Waals surface area (Å²) < 4.78 is 81.7. The lowest BCUT2D eigenvalue weighted by Crippen LogP contribution is -2.14. The molecule has 0 radical (unpaired) electrons. The largest absolute Gasteiger partial charge is 0.0629 e. The minimum absolute atomic E-state index is 0.0538. The van der Waals surface area contributed by atoms with E-state index in [1.165, 1.54) is 22.3 Å². The maximum absolute atomic E-state index is 9.65. The van der Waals surface area contributed by atoms with Crippen LogP contribution in [0.5, 0.6) is 0 Å². The molecule has 10 rings (SSSR count). The Morgan fingerprint density at radius 2 is 1.06 bits per heavy atom. The standard InChI is InChI=1S/C49H34/c1-49(2)44-19-11-10-16-39(44)43-29-36-25-24-35(28-37(36)30-45(43)49)31-20-22-34(23-21-31)47-41-18-9-8-17-40(41)46(33-13-4-3-5-14-33)42-27-26-32-12-6-7-15-38(32)48(42)47/h3-30H,1-2H3/i3D,4D,5D,13D,14D,20D,21D,22D,23D. The van der Waals surface area contributed by atoms with Crippen LogP contribution in [-0.4, -0.2) is 0 Å². The van der Waals surface area contributed by atoms with Crippen molar-refractivity contribution >= 4 is 43.1 Å². The van der Waals surface area contributed by atoms with Crippen molar-refractivity contribution in [2.24, 2.45) is 0 Å². The van der Waals surface area contributed by atoms with E-state index in [2.05, 4.69) is 50.2 Å². The molecule has 0 N–H and O–H groups in total. The summed E-state index contributed by atoms with van der Waals surface area (Å²) in [4.78, 5) is 0. The Hall–Kier alpha value is -5.98. The van der Waals surface area contributed by atoms with Gasteiger partial charge in [0.15, 0.2) is 0 Å². The molecule has 49 heavy (non-hydrogen) atoms. The minimum Gasteiger partial charge on any atom is -0.0622 e. The predicted octanol–water partition coefficient (Wildman–Crippen LogP) is 13.6. The highest BCUT2D eigenvalue weighted by molar-refractivity contribution is 6.27. The Kier molecular flexibility index (Phi) is 4.38. The van der Waals surface area contributed by atoms with Gasteiger partial charge < -0.3 is 0 Å². The summed E-state index contributed by atoms with van der Waals surface area (Å²) in [7, 11) is 0. The van der Waals surface area contributed by atoms with Gasteiger partial charge in [-0.2, -0.15) is 0 Å². The van der Waals surface area contributed by atoms with E-state index in [1.807, 2.05) is 78.9 Å². The summed E-state index contributed by atoms with van der Waals surface area (Å²) in [5.41, 5.74) is 6.57. The highest BCUT2D eigenvalue weighted by Crippen LogP contribution is 2.50. The van der Waals surface area contributed by atoms with E-state index in [1.54, 1.807) is 0 Å². The fraction of sp³-hybridized carbons (Fsp3) is 0.0612. The summed E-state index contributed by atoms with van der Waals surface area (Å²) in [6.45, 7) is 4.45. The van der Waals surface area contributed by atoms with Crippen molar-refractivity contribution in [2.75, 3.05) is 0 Å². The average Bonchev–Trinajstić information content (AvgIpc) is 3.45. The Labute approximate surface area is 299 Å². The van der Waals surface area contributed by atoms with Gasteiger partial charge in [0.1, 0.15) is 0 Å². The third kappa shape index (κ3) is 4.17. The Bertz CT molecular complexity index is 3250. The Morgan fingerprint density at radius 3 is 1.88 bits per heavy atom. The average molecular weight is 632 g/mol. The van der Waals surface area contributed by atoms with E-state index in [4.69, 9.17) is 6.85 Å². The van der Waals surface area contributed by atoms with Crippen molar-refractivity contribution in [1.29, 1.82) is 0 Å². The van der Waals surface area contributed by atoms with Gasteiger partial charge >= 0.3 is 0 Å². The van der Waals surface area contributed by atoms with E-state index < -0.39 is 18.1 Å². The summed E-state index contributed by atoms with van der Waals surface area (Å²) in [5, 5.41) is 5.91. The second-order valence-corrected chi connectivity index (χ2v) is 13.4. The molecular weight excluding hydrogens is 589 g/mol. The van der Waals surface area contributed by atoms with Crippen LogP contribution >= 0.6 is 0 Å². The van der Waals surface area contributed by atoms with Crippen LogP contribution in [0.4, 0.5) is 0 Å². The molecule has 0 aliphatic heterocycles. The number of rotatable bonds is 3. The highest BCUT2D eigenvalue weighted by atomic mass is 14.4. The van der Waals surface area contributed by atoms with Crippen molar-refractivity contribution in [3.63, 3.8) is 0 Å². The SMILES string of the molecule is [2H]c1c([2H])c([2H])c(-c2c3ccccc3c(-c3c([2H])c([2H])c(-c4ccc5cc6c(cc5c4)C(C)(C)c4ccccc4-6)c([2H])c3[2H])c3c2ccc2ccccc23)c([2H])c1[2H]. The van der Waals surface area contributed by atoms with E-state index in [-0.39, 0.29) is 58.4 Å². The molecule has 0 heterocycles. The van der Waals surface area contributed by atoms with Gasteiger partial charge in [-0.05, 0) is 117 Å². The van der Waals surface area contributed by atoms with Crippen LogP contribution in [-0.2, 0) is 5.41 Å². The van der Waals surface area contributed by atoms with Crippen molar-refractivity contribution in [2.45, 2.75) is 19.3 Å². The molecule has 0 amide bonds. The molecule has 1 aliphatic carbocycles. The molecule has 0 saturated carbocycles. The molecule has 0 bridgehead atoms. The first kappa shape index (κ1) is 20.4. The maximum atomic E-state index is 9.65. The topological polar surface area (TPSA) is 0 Å². The monoisotopic (exact) mass is 631 g/mol. The van der Waals surface area contributed by atoms with Crippen molar-refractivity contribution in [1.82, 2.24) is 0 Å². The third-order valence-electron chi connectivity index (χ3n) is 10.4. The van der Waals surface area contributed by atoms with E-state index in [0.717, 1.165) is 21.5 Å². The number of fused-ring (bicyclic) bond motifs is 8. The molecule has 0 atom stereocenters. The summed E-state index contributed by atoms with van der Waals surface area (Å²) >= 11 is 0. The zero-order valence-corrected chi connectivity index (χ0v) is 27.0. The molecule has 230 valence electrons. The van der Waals surface area contributed by atoms with Crippen LogP contribution < -0.4 is 0 Å². The molecule has 0 fully saturated rings. The number of hydrogen-bond acceptors (Lipinski definition) is 0. The quantitative estimate of drug-likeness (QED) is 0.134. The van der Waals surface area contributed by atoms with Crippen molar-refractivity contribution < 1.29 is 12.3 Å². The summed E-state index contributed by atoms with van der Waals surface area (Å²) in [6, 6.07) is 34.7. The van der Waals surface area contributed by atoms with Gasteiger partial charge in [-0.3, -0.25) is 0 Å². The van der Waals surface area contributed by atoms with E-state index in [9.17, 15) is 5.48 Å². The van der Waals surface area contributed by atoms with Crippen LogP contribution in [0.15, 0.2) is 170 Å². The first-order valence-electron chi connectivity index (χ1n) is 21.0. The van der Waals surface area contributed by atoms with Gasteiger partial charge in [-0.15, -0.1) is 0 Å². The van der Waals surface area contributed by atoms with E-state index >= 15 is 0 Å². The fourth-order valence-corrected chi connectivity index (χ4v) is 8.04. The molecule has 0 nitrogen and oxygen atoms in total. The predicted molar refractivity (Wildman–Crippen MR) is 210 cm³/mol. The number of hydrogen-bond donors (Lipinski definition) is 0. The lowest BCUT2D eigenvalue weighted by atomic mass is 9.82. The van der Waals surface area contributed by atoms with Crippen LogP contribution in [0.1, 0.15) is 37.3 Å². The van der Waals surface area contributed by atoms with Gasteiger partial charge in [-0.1, -0.05) is 165 Å². The number of benzene rings is 9. The third-order valence-corrected chi connectivity index (χ3v) is 10.4. The normalized spacial score (nSPS) is 15.8. The smallest absolute Gasteiger partial charge is 0.0622 e. The first-order chi connectivity index (χ1) is 27.8. The molecule has 0 aromatic heterocycles. The first-order valence-corrected chi connectivity index (χ1v) is 16.5. The molecule has 9 aromatic carbocycles. The van der Waals surface area contributed by atoms with Crippen molar-refractivity contribution in [3.05, 3.63) is 181 Å². The fourth-order valence-electron chi connectivity index (χ4n) is 8.04. The molecule has 0 unspecified atom stereocenters. The van der Waals surface area contributed by atoms with Gasteiger partial charge in [0.2, 0.25) is 0 Å². The maximum Gasteiger partial charge on any atom is 0.0629 e. The molecule has 0 heteroatoms. The molecular formula is C49H34. The highest BCUT2D eigenvalue weighted by Gasteiger charge is 2.35.